The first-order valence-electron chi connectivity index (χ1n) is 8.30. The highest BCUT2D eigenvalue weighted by Crippen LogP contribution is 2.37. The van der Waals surface area contributed by atoms with Gasteiger partial charge in [-0.05, 0) is 36.8 Å². The molecule has 29 heavy (non-hydrogen) atoms. The predicted molar refractivity (Wildman–Crippen MR) is 107 cm³/mol. The topological polar surface area (TPSA) is 52.0 Å². The van der Waals surface area contributed by atoms with E-state index in [4.69, 9.17) is 23.2 Å². The van der Waals surface area contributed by atoms with E-state index in [9.17, 15) is 22.8 Å². The summed E-state index contributed by atoms with van der Waals surface area (Å²) in [5.41, 5.74) is 0.0505. The van der Waals surface area contributed by atoms with Crippen LogP contribution in [0.3, 0.4) is 0 Å². The Bertz CT molecular complexity index is 1110. The van der Waals surface area contributed by atoms with Crippen molar-refractivity contribution in [2.45, 2.75) is 25.6 Å². The minimum atomic E-state index is -4.45. The highest BCUT2D eigenvalue weighted by atomic mass is 35.5. The van der Waals surface area contributed by atoms with E-state index in [0.29, 0.717) is 25.5 Å². The zero-order valence-corrected chi connectivity index (χ0v) is 17.2. The van der Waals surface area contributed by atoms with E-state index in [1.165, 1.54) is 31.2 Å². The van der Waals surface area contributed by atoms with Crippen molar-refractivity contribution in [1.29, 1.82) is 0 Å². The lowest BCUT2D eigenvalue weighted by molar-refractivity contribution is -0.137. The molecule has 10 heteroatoms. The SMILES string of the molecule is CC(C(=O)Cc1ccc(C(F)(F)F)cc1)n1nc(-c2cc(Cl)sc2Cl)ccc1=O. The Balaban J connectivity index is 1.83. The van der Waals surface area contributed by atoms with E-state index >= 15 is 0 Å². The van der Waals surface area contributed by atoms with Crippen LogP contribution in [-0.2, 0) is 17.4 Å². The van der Waals surface area contributed by atoms with Crippen LogP contribution in [0.5, 0.6) is 0 Å². The summed E-state index contributed by atoms with van der Waals surface area (Å²) in [6.45, 7) is 1.51. The van der Waals surface area contributed by atoms with Crippen molar-refractivity contribution < 1.29 is 18.0 Å². The van der Waals surface area contributed by atoms with E-state index in [1.807, 2.05) is 0 Å². The van der Waals surface area contributed by atoms with Crippen LogP contribution in [0.2, 0.25) is 8.67 Å². The molecule has 3 rings (SSSR count). The first-order valence-corrected chi connectivity index (χ1v) is 9.87. The van der Waals surface area contributed by atoms with Gasteiger partial charge >= 0.3 is 6.18 Å². The Kier molecular flexibility index (Phi) is 6.16. The number of nitrogens with zero attached hydrogens (tertiary/aromatic N) is 2. The maximum atomic E-state index is 12.7. The summed E-state index contributed by atoms with van der Waals surface area (Å²) >= 11 is 13.2. The largest absolute Gasteiger partial charge is 0.416 e. The summed E-state index contributed by atoms with van der Waals surface area (Å²) in [4.78, 5) is 24.8. The minimum absolute atomic E-state index is 0.136. The fraction of sp³-hybridized carbons (Fsp3) is 0.211. The van der Waals surface area contributed by atoms with Gasteiger partial charge in [0.1, 0.15) is 10.4 Å². The molecular weight excluding hydrogens is 448 g/mol. The summed E-state index contributed by atoms with van der Waals surface area (Å²) in [5, 5.41) is 4.22. The van der Waals surface area contributed by atoms with Gasteiger partial charge in [0.05, 0.1) is 15.6 Å². The molecule has 0 saturated heterocycles. The monoisotopic (exact) mass is 460 g/mol. The fourth-order valence-corrected chi connectivity index (χ4v) is 4.14. The van der Waals surface area contributed by atoms with Gasteiger partial charge in [0, 0.05) is 18.1 Å². The summed E-state index contributed by atoms with van der Waals surface area (Å²) in [7, 11) is 0. The van der Waals surface area contributed by atoms with Crippen molar-refractivity contribution in [2.24, 2.45) is 0 Å². The van der Waals surface area contributed by atoms with Gasteiger partial charge in [-0.3, -0.25) is 9.59 Å². The predicted octanol–water partition coefficient (Wildman–Crippen LogP) is 5.67. The highest BCUT2D eigenvalue weighted by Gasteiger charge is 2.30. The van der Waals surface area contributed by atoms with Crippen molar-refractivity contribution in [3.05, 3.63) is 72.6 Å². The van der Waals surface area contributed by atoms with E-state index in [2.05, 4.69) is 5.10 Å². The third-order valence-corrected chi connectivity index (χ3v) is 5.74. The molecule has 4 nitrogen and oxygen atoms in total. The van der Waals surface area contributed by atoms with Crippen molar-refractivity contribution in [1.82, 2.24) is 9.78 Å². The van der Waals surface area contributed by atoms with Crippen LogP contribution in [0, 0.1) is 0 Å². The average molecular weight is 461 g/mol. The molecule has 0 amide bonds. The van der Waals surface area contributed by atoms with Gasteiger partial charge in [0.15, 0.2) is 5.78 Å². The Labute approximate surface area is 177 Å². The lowest BCUT2D eigenvalue weighted by Gasteiger charge is -2.14. The number of aromatic nitrogens is 2. The highest BCUT2D eigenvalue weighted by molar-refractivity contribution is 7.20. The van der Waals surface area contributed by atoms with Gasteiger partial charge in [0.25, 0.3) is 5.56 Å². The summed E-state index contributed by atoms with van der Waals surface area (Å²) < 4.78 is 39.8. The molecule has 0 bridgehead atoms. The lowest BCUT2D eigenvalue weighted by atomic mass is 10.0. The number of carbonyl (C=O) groups is 1. The van der Waals surface area contributed by atoms with E-state index in [1.54, 1.807) is 6.07 Å². The number of hydrogen-bond donors (Lipinski definition) is 0. The maximum absolute atomic E-state index is 12.7. The normalized spacial score (nSPS) is 12.8. The second-order valence-corrected chi connectivity index (χ2v) is 8.54. The number of halogens is 5. The Morgan fingerprint density at radius 3 is 2.38 bits per heavy atom. The number of hydrogen-bond acceptors (Lipinski definition) is 4. The summed E-state index contributed by atoms with van der Waals surface area (Å²) in [5.74, 6) is -0.369. The van der Waals surface area contributed by atoms with Gasteiger partial charge in [-0.25, -0.2) is 4.68 Å². The van der Waals surface area contributed by atoms with Gasteiger partial charge < -0.3 is 0 Å². The van der Waals surface area contributed by atoms with Gasteiger partial charge in [-0.15, -0.1) is 11.3 Å². The molecule has 0 radical (unpaired) electrons. The molecule has 3 aromatic rings. The van der Waals surface area contributed by atoms with Crippen molar-refractivity contribution in [3.8, 4) is 11.3 Å². The van der Waals surface area contributed by atoms with Crippen LogP contribution < -0.4 is 5.56 Å². The van der Waals surface area contributed by atoms with Crippen LogP contribution >= 0.6 is 34.5 Å². The smallest absolute Gasteiger partial charge is 0.297 e. The second kappa shape index (κ2) is 8.30. The maximum Gasteiger partial charge on any atom is 0.416 e. The van der Waals surface area contributed by atoms with Crippen LogP contribution in [0.4, 0.5) is 13.2 Å². The van der Waals surface area contributed by atoms with Crippen molar-refractivity contribution in [2.75, 3.05) is 0 Å². The molecule has 0 N–H and O–H groups in total. The van der Waals surface area contributed by atoms with E-state index in [0.717, 1.165) is 28.2 Å². The van der Waals surface area contributed by atoms with Crippen LogP contribution in [-0.4, -0.2) is 15.6 Å². The standard InChI is InChI=1S/C19H13Cl2F3N2O2S/c1-10(15(27)8-11-2-4-12(5-3-11)19(22,23)24)26-17(28)7-6-14(25-26)13-9-16(20)29-18(13)21/h2-7,9-10H,8H2,1H3. The average Bonchev–Trinajstić information content (AvgIpc) is 2.99. The third kappa shape index (κ3) is 4.88. The molecule has 0 aliphatic rings. The first kappa shape index (κ1) is 21.5. The molecule has 0 aliphatic carbocycles. The Morgan fingerprint density at radius 2 is 1.83 bits per heavy atom. The molecule has 1 aromatic carbocycles. The summed E-state index contributed by atoms with van der Waals surface area (Å²) in [6, 6.07) is 7.77. The molecular formula is C19H13Cl2F3N2O2S. The molecule has 0 spiro atoms. The second-order valence-electron chi connectivity index (χ2n) is 6.25. The van der Waals surface area contributed by atoms with Gasteiger partial charge in [0.2, 0.25) is 0 Å². The lowest BCUT2D eigenvalue weighted by Crippen LogP contribution is -2.30. The zero-order valence-electron chi connectivity index (χ0n) is 14.8. The van der Waals surface area contributed by atoms with E-state index < -0.39 is 23.3 Å². The molecule has 2 aromatic heterocycles. The van der Waals surface area contributed by atoms with Gasteiger partial charge in [-0.1, -0.05) is 35.3 Å². The number of benzene rings is 1. The van der Waals surface area contributed by atoms with Crippen LogP contribution in [0.15, 0.2) is 47.3 Å². The molecule has 0 aliphatic heterocycles. The first-order chi connectivity index (χ1) is 13.6. The Morgan fingerprint density at radius 1 is 1.17 bits per heavy atom. The molecule has 1 atom stereocenters. The number of Topliss-reactive ketones (excluding diaryl/α,β-unsaturated/α-hetero) is 1. The molecule has 1 unspecified atom stereocenters. The molecule has 0 fully saturated rings. The number of thiophene rings is 1. The van der Waals surface area contributed by atoms with Crippen LogP contribution in [0.25, 0.3) is 11.3 Å². The zero-order chi connectivity index (χ0) is 21.3. The van der Waals surface area contributed by atoms with Gasteiger partial charge in [-0.2, -0.15) is 18.3 Å². The molecule has 152 valence electrons. The minimum Gasteiger partial charge on any atom is -0.297 e. The molecule has 0 saturated carbocycles. The number of rotatable bonds is 5. The Hall–Kier alpha value is -2.16. The van der Waals surface area contributed by atoms with Crippen molar-refractivity contribution in [3.63, 3.8) is 0 Å². The van der Waals surface area contributed by atoms with Crippen molar-refractivity contribution >= 4 is 40.3 Å². The third-order valence-electron chi connectivity index (χ3n) is 4.25. The molecule has 2 heterocycles. The fourth-order valence-electron chi connectivity index (χ4n) is 2.66. The number of ketones is 1. The summed E-state index contributed by atoms with van der Waals surface area (Å²) in [6.07, 6.45) is -4.58. The van der Waals surface area contributed by atoms with E-state index in [-0.39, 0.29) is 12.2 Å². The quantitative estimate of drug-likeness (QED) is 0.492. The van der Waals surface area contributed by atoms with Crippen LogP contribution in [0.1, 0.15) is 24.1 Å². The number of carbonyl (C=O) groups excluding carboxylic acids is 1. The number of alkyl halides is 3.